The van der Waals surface area contributed by atoms with Crippen LogP contribution in [0.3, 0.4) is 0 Å². The van der Waals surface area contributed by atoms with Gasteiger partial charge in [0.15, 0.2) is 0 Å². The molecule has 6 heteroatoms. The maximum Gasteiger partial charge on any atom is 0.261 e. The molecule has 2 rings (SSSR count). The fourth-order valence-electron chi connectivity index (χ4n) is 2.36. The summed E-state index contributed by atoms with van der Waals surface area (Å²) in [6.07, 6.45) is 0. The Labute approximate surface area is 142 Å². The summed E-state index contributed by atoms with van der Waals surface area (Å²) in [5.41, 5.74) is 1.59. The molecule has 0 aromatic heterocycles. The van der Waals surface area contributed by atoms with Crippen LogP contribution in [-0.4, -0.2) is 28.1 Å². The summed E-state index contributed by atoms with van der Waals surface area (Å²) in [6.45, 7) is 5.84. The Morgan fingerprint density at radius 3 is 2.39 bits per heavy atom. The van der Waals surface area contributed by atoms with E-state index in [0.29, 0.717) is 18.7 Å². The third kappa shape index (κ3) is 4.88. The molecule has 2 aromatic carbocycles. The Morgan fingerprint density at radius 2 is 1.83 bits per heavy atom. The SMILES string of the molecule is CCN(CCOc1ccccc1)c1ccc(S(=O)(=O)Cl)c(C)c1. The molecule has 0 atom stereocenters. The molecule has 0 N–H and O–H groups in total. The molecule has 0 aliphatic carbocycles. The normalized spacial score (nSPS) is 11.3. The number of ether oxygens (including phenoxy) is 1. The van der Waals surface area contributed by atoms with Crippen LogP contribution in [0.25, 0.3) is 0 Å². The minimum atomic E-state index is -3.71. The van der Waals surface area contributed by atoms with Crippen LogP contribution in [0.15, 0.2) is 53.4 Å². The number of aryl methyl sites for hydroxylation is 1. The van der Waals surface area contributed by atoms with Gasteiger partial charge in [0.25, 0.3) is 9.05 Å². The molecule has 124 valence electrons. The summed E-state index contributed by atoms with van der Waals surface area (Å²) in [5, 5.41) is 0. The molecule has 0 bridgehead atoms. The summed E-state index contributed by atoms with van der Waals surface area (Å²) < 4.78 is 28.6. The number of para-hydroxylation sites is 1. The van der Waals surface area contributed by atoms with Crippen molar-refractivity contribution in [2.24, 2.45) is 0 Å². The Hall–Kier alpha value is -1.72. The molecule has 0 spiro atoms. The van der Waals surface area contributed by atoms with E-state index in [-0.39, 0.29) is 4.90 Å². The van der Waals surface area contributed by atoms with Gasteiger partial charge in [0.1, 0.15) is 12.4 Å². The van der Waals surface area contributed by atoms with E-state index in [4.69, 9.17) is 15.4 Å². The van der Waals surface area contributed by atoms with E-state index in [1.54, 1.807) is 19.1 Å². The number of hydrogen-bond donors (Lipinski definition) is 0. The highest BCUT2D eigenvalue weighted by Gasteiger charge is 2.15. The highest BCUT2D eigenvalue weighted by atomic mass is 35.7. The maximum atomic E-state index is 11.5. The Bertz CT molecular complexity index is 748. The number of hydrogen-bond acceptors (Lipinski definition) is 4. The van der Waals surface area contributed by atoms with E-state index >= 15 is 0 Å². The first kappa shape index (κ1) is 17.6. The number of nitrogens with zero attached hydrogens (tertiary/aromatic N) is 1. The number of benzene rings is 2. The average molecular weight is 354 g/mol. The van der Waals surface area contributed by atoms with E-state index in [2.05, 4.69) is 4.90 Å². The monoisotopic (exact) mass is 353 g/mol. The second kappa shape index (κ2) is 7.70. The van der Waals surface area contributed by atoms with Crippen molar-refractivity contribution in [3.8, 4) is 5.75 Å². The van der Waals surface area contributed by atoms with E-state index < -0.39 is 9.05 Å². The first-order chi connectivity index (χ1) is 10.9. The van der Waals surface area contributed by atoms with E-state index in [1.807, 2.05) is 43.3 Å². The van der Waals surface area contributed by atoms with Gasteiger partial charge in [-0.3, -0.25) is 0 Å². The predicted octanol–water partition coefficient (Wildman–Crippen LogP) is 3.83. The summed E-state index contributed by atoms with van der Waals surface area (Å²) in [6, 6.07) is 14.8. The largest absolute Gasteiger partial charge is 0.492 e. The van der Waals surface area contributed by atoms with Crippen LogP contribution in [0, 0.1) is 6.92 Å². The van der Waals surface area contributed by atoms with Crippen LogP contribution in [-0.2, 0) is 9.05 Å². The van der Waals surface area contributed by atoms with Crippen LogP contribution in [0.5, 0.6) is 5.75 Å². The van der Waals surface area contributed by atoms with Crippen molar-refractivity contribution >= 4 is 25.4 Å². The third-order valence-corrected chi connectivity index (χ3v) is 5.02. The van der Waals surface area contributed by atoms with Crippen LogP contribution in [0.2, 0.25) is 0 Å². The van der Waals surface area contributed by atoms with E-state index in [9.17, 15) is 8.42 Å². The van der Waals surface area contributed by atoms with Crippen molar-refractivity contribution in [2.75, 3.05) is 24.6 Å². The van der Waals surface area contributed by atoms with Gasteiger partial charge in [0.05, 0.1) is 11.4 Å². The molecule has 23 heavy (non-hydrogen) atoms. The minimum Gasteiger partial charge on any atom is -0.492 e. The molecular weight excluding hydrogens is 334 g/mol. The Kier molecular flexibility index (Phi) is 5.91. The molecular formula is C17H20ClNO3S. The van der Waals surface area contributed by atoms with Gasteiger partial charge in [-0.05, 0) is 49.7 Å². The zero-order valence-electron chi connectivity index (χ0n) is 13.2. The lowest BCUT2D eigenvalue weighted by atomic mass is 10.2. The first-order valence-corrected chi connectivity index (χ1v) is 9.71. The minimum absolute atomic E-state index is 0.152. The molecule has 2 aromatic rings. The fourth-order valence-corrected chi connectivity index (χ4v) is 3.56. The second-order valence-electron chi connectivity index (χ2n) is 5.13. The van der Waals surface area contributed by atoms with Crippen molar-refractivity contribution < 1.29 is 13.2 Å². The molecule has 0 saturated carbocycles. The number of anilines is 1. The maximum absolute atomic E-state index is 11.5. The predicted molar refractivity (Wildman–Crippen MR) is 94.0 cm³/mol. The second-order valence-corrected chi connectivity index (χ2v) is 7.66. The number of likely N-dealkylation sites (N-methyl/N-ethyl adjacent to an activating group) is 1. The molecule has 4 nitrogen and oxygen atoms in total. The van der Waals surface area contributed by atoms with Crippen molar-refractivity contribution in [2.45, 2.75) is 18.7 Å². The van der Waals surface area contributed by atoms with Crippen molar-refractivity contribution in [1.29, 1.82) is 0 Å². The van der Waals surface area contributed by atoms with Crippen molar-refractivity contribution in [1.82, 2.24) is 0 Å². The fraction of sp³-hybridized carbons (Fsp3) is 0.294. The van der Waals surface area contributed by atoms with Gasteiger partial charge in [-0.1, -0.05) is 18.2 Å². The Balaban J connectivity index is 2.04. The van der Waals surface area contributed by atoms with Crippen LogP contribution in [0.1, 0.15) is 12.5 Å². The molecule has 0 aliphatic rings. The van der Waals surface area contributed by atoms with Crippen molar-refractivity contribution in [3.63, 3.8) is 0 Å². The molecule has 0 radical (unpaired) electrons. The quantitative estimate of drug-likeness (QED) is 0.710. The smallest absolute Gasteiger partial charge is 0.261 e. The van der Waals surface area contributed by atoms with E-state index in [1.165, 1.54) is 0 Å². The number of rotatable bonds is 7. The standard InChI is InChI=1S/C17H20ClNO3S/c1-3-19(11-12-22-16-7-5-4-6-8-16)15-9-10-17(14(2)13-15)23(18,20)21/h4-10,13H,3,11-12H2,1-2H3. The summed E-state index contributed by atoms with van der Waals surface area (Å²) in [4.78, 5) is 2.28. The van der Waals surface area contributed by atoms with Gasteiger partial charge in [-0.15, -0.1) is 0 Å². The summed E-state index contributed by atoms with van der Waals surface area (Å²) >= 11 is 0. The summed E-state index contributed by atoms with van der Waals surface area (Å²) in [7, 11) is 1.71. The van der Waals surface area contributed by atoms with Crippen molar-refractivity contribution in [3.05, 3.63) is 54.1 Å². The van der Waals surface area contributed by atoms with Crippen LogP contribution < -0.4 is 9.64 Å². The van der Waals surface area contributed by atoms with Crippen LogP contribution >= 0.6 is 10.7 Å². The summed E-state index contributed by atoms with van der Waals surface area (Å²) in [5.74, 6) is 0.836. The van der Waals surface area contributed by atoms with E-state index in [0.717, 1.165) is 18.0 Å². The van der Waals surface area contributed by atoms with Gasteiger partial charge < -0.3 is 9.64 Å². The Morgan fingerprint density at radius 1 is 1.13 bits per heavy atom. The molecule has 0 amide bonds. The van der Waals surface area contributed by atoms with Gasteiger partial charge >= 0.3 is 0 Å². The molecule has 0 saturated heterocycles. The zero-order chi connectivity index (χ0) is 16.9. The van der Waals surface area contributed by atoms with Gasteiger partial charge in [-0.25, -0.2) is 8.42 Å². The highest BCUT2D eigenvalue weighted by molar-refractivity contribution is 8.13. The third-order valence-electron chi connectivity index (χ3n) is 3.54. The van der Waals surface area contributed by atoms with Gasteiger partial charge in [0.2, 0.25) is 0 Å². The van der Waals surface area contributed by atoms with Gasteiger partial charge in [0, 0.05) is 22.9 Å². The molecule has 0 fully saturated rings. The number of halogens is 1. The topological polar surface area (TPSA) is 46.6 Å². The lowest BCUT2D eigenvalue weighted by molar-refractivity contribution is 0.324. The zero-order valence-corrected chi connectivity index (χ0v) is 14.8. The lowest BCUT2D eigenvalue weighted by Crippen LogP contribution is -2.28. The average Bonchev–Trinajstić information content (AvgIpc) is 2.51. The molecule has 0 aliphatic heterocycles. The van der Waals surface area contributed by atoms with Gasteiger partial charge in [-0.2, -0.15) is 0 Å². The lowest BCUT2D eigenvalue weighted by Gasteiger charge is -2.24. The van der Waals surface area contributed by atoms with Crippen LogP contribution in [0.4, 0.5) is 5.69 Å². The molecule has 0 heterocycles. The highest BCUT2D eigenvalue weighted by Crippen LogP contribution is 2.24. The first-order valence-electron chi connectivity index (χ1n) is 7.40. The molecule has 0 unspecified atom stereocenters.